The molecule has 0 aliphatic rings. The molecule has 1 rings (SSSR count). The molecule has 1 aromatic rings. The first-order valence-electron chi connectivity index (χ1n) is 4.67. The fourth-order valence-corrected chi connectivity index (χ4v) is 1.59. The van der Waals surface area contributed by atoms with Gasteiger partial charge in [-0.1, -0.05) is 12.1 Å². The molecule has 82 valence electrons. The van der Waals surface area contributed by atoms with Gasteiger partial charge in [0.25, 0.3) is 0 Å². The van der Waals surface area contributed by atoms with Crippen molar-refractivity contribution >= 4 is 5.97 Å². The largest absolute Gasteiger partial charge is 0.507 e. The number of nitrogens with one attached hydrogen (secondary N) is 1. The van der Waals surface area contributed by atoms with E-state index in [1.165, 1.54) is 0 Å². The van der Waals surface area contributed by atoms with Crippen LogP contribution in [0.2, 0.25) is 0 Å². The zero-order chi connectivity index (χ0) is 11.6. The van der Waals surface area contributed by atoms with Crippen molar-refractivity contribution in [2.75, 3.05) is 7.05 Å². The highest BCUT2D eigenvalue weighted by atomic mass is 16.4. The number of hydrogen-bond acceptors (Lipinski definition) is 3. The second kappa shape index (κ2) is 4.31. The van der Waals surface area contributed by atoms with Gasteiger partial charge < -0.3 is 15.5 Å². The minimum atomic E-state index is -0.929. The van der Waals surface area contributed by atoms with Gasteiger partial charge in [-0.05, 0) is 37.6 Å². The maximum atomic E-state index is 10.9. The molecule has 0 aliphatic carbocycles. The zero-order valence-electron chi connectivity index (χ0n) is 9.03. The van der Waals surface area contributed by atoms with Crippen molar-refractivity contribution in [3.63, 3.8) is 0 Å². The third-order valence-electron chi connectivity index (χ3n) is 2.38. The first-order valence-corrected chi connectivity index (χ1v) is 4.67. The molecule has 0 amide bonds. The van der Waals surface area contributed by atoms with Gasteiger partial charge in [0.15, 0.2) is 0 Å². The van der Waals surface area contributed by atoms with E-state index in [0.717, 1.165) is 0 Å². The molecule has 0 aromatic heterocycles. The minimum Gasteiger partial charge on any atom is -0.507 e. The fourth-order valence-electron chi connectivity index (χ4n) is 1.59. The first-order chi connectivity index (χ1) is 6.97. The molecule has 0 fully saturated rings. The monoisotopic (exact) mass is 209 g/mol. The Kier molecular flexibility index (Phi) is 3.31. The van der Waals surface area contributed by atoms with Crippen molar-refractivity contribution in [3.05, 3.63) is 28.8 Å². The number of aliphatic carboxylic acids is 1. The molecule has 15 heavy (non-hydrogen) atoms. The maximum absolute atomic E-state index is 10.9. The Bertz CT molecular complexity index is 364. The number of rotatable bonds is 3. The summed E-state index contributed by atoms with van der Waals surface area (Å²) in [7, 11) is 1.59. The summed E-state index contributed by atoms with van der Waals surface area (Å²) in [5.74, 6) is -0.707. The number of hydrogen-bond donors (Lipinski definition) is 3. The molecule has 0 radical (unpaired) electrons. The van der Waals surface area contributed by atoms with Gasteiger partial charge in [0, 0.05) is 0 Å². The molecule has 1 aromatic carbocycles. The molecule has 0 spiro atoms. The number of aryl methyl sites for hydroxylation is 2. The Morgan fingerprint density at radius 3 is 2.13 bits per heavy atom. The van der Waals surface area contributed by atoms with Crippen molar-refractivity contribution in [1.82, 2.24) is 5.32 Å². The maximum Gasteiger partial charge on any atom is 0.325 e. The van der Waals surface area contributed by atoms with Crippen LogP contribution in [0.25, 0.3) is 0 Å². The van der Waals surface area contributed by atoms with Crippen LogP contribution in [0.3, 0.4) is 0 Å². The lowest BCUT2D eigenvalue weighted by atomic mass is 10.0. The standard InChI is InChI=1S/C11H15NO3/c1-6-4-8(5-7(2)10(6)13)9(12-3)11(14)15/h4-5,9,12-13H,1-3H3,(H,14,15). The van der Waals surface area contributed by atoms with Crippen molar-refractivity contribution in [2.45, 2.75) is 19.9 Å². The van der Waals surface area contributed by atoms with Gasteiger partial charge in [0.2, 0.25) is 0 Å². The van der Waals surface area contributed by atoms with Crippen LogP contribution >= 0.6 is 0 Å². The van der Waals surface area contributed by atoms with E-state index in [2.05, 4.69) is 5.32 Å². The summed E-state index contributed by atoms with van der Waals surface area (Å²) in [5, 5.41) is 21.2. The normalized spacial score (nSPS) is 12.5. The molecule has 0 saturated heterocycles. The van der Waals surface area contributed by atoms with Crippen LogP contribution in [-0.4, -0.2) is 23.2 Å². The Morgan fingerprint density at radius 2 is 1.80 bits per heavy atom. The van der Waals surface area contributed by atoms with Gasteiger partial charge in [0.05, 0.1) is 0 Å². The number of phenols is 1. The van der Waals surface area contributed by atoms with Crippen molar-refractivity contribution < 1.29 is 15.0 Å². The third kappa shape index (κ3) is 2.27. The van der Waals surface area contributed by atoms with E-state index in [0.29, 0.717) is 16.7 Å². The van der Waals surface area contributed by atoms with E-state index < -0.39 is 12.0 Å². The average molecular weight is 209 g/mol. The lowest BCUT2D eigenvalue weighted by Gasteiger charge is -2.14. The number of carboxylic acids is 1. The molecular formula is C11H15NO3. The van der Waals surface area contributed by atoms with Gasteiger partial charge in [-0.3, -0.25) is 4.79 Å². The highest BCUT2D eigenvalue weighted by Crippen LogP contribution is 2.26. The summed E-state index contributed by atoms with van der Waals surface area (Å²) >= 11 is 0. The summed E-state index contributed by atoms with van der Waals surface area (Å²) in [4.78, 5) is 10.9. The molecule has 0 heterocycles. The van der Waals surface area contributed by atoms with Crippen LogP contribution in [0.5, 0.6) is 5.75 Å². The summed E-state index contributed by atoms with van der Waals surface area (Å²) in [6.45, 7) is 3.50. The van der Waals surface area contributed by atoms with E-state index in [1.54, 1.807) is 33.0 Å². The number of likely N-dealkylation sites (N-methyl/N-ethyl adjacent to an activating group) is 1. The quantitative estimate of drug-likeness (QED) is 0.703. The Labute approximate surface area is 88.6 Å². The molecule has 0 aliphatic heterocycles. The predicted molar refractivity (Wildman–Crippen MR) is 57.0 cm³/mol. The van der Waals surface area contributed by atoms with E-state index in [-0.39, 0.29) is 5.75 Å². The number of carbonyl (C=O) groups is 1. The van der Waals surface area contributed by atoms with Gasteiger partial charge >= 0.3 is 5.97 Å². The Balaban J connectivity index is 3.20. The minimum absolute atomic E-state index is 0.221. The van der Waals surface area contributed by atoms with Crippen LogP contribution in [0.4, 0.5) is 0 Å². The Morgan fingerprint density at radius 1 is 1.33 bits per heavy atom. The summed E-state index contributed by atoms with van der Waals surface area (Å²) in [5.41, 5.74) is 2.02. The van der Waals surface area contributed by atoms with E-state index in [4.69, 9.17) is 5.11 Å². The van der Waals surface area contributed by atoms with Crippen LogP contribution < -0.4 is 5.32 Å². The Hall–Kier alpha value is -1.55. The predicted octanol–water partition coefficient (Wildman–Crippen LogP) is 1.35. The average Bonchev–Trinajstić information content (AvgIpc) is 2.14. The second-order valence-electron chi connectivity index (χ2n) is 3.56. The molecule has 1 atom stereocenters. The number of phenolic OH excluding ortho intramolecular Hbond substituents is 1. The van der Waals surface area contributed by atoms with Gasteiger partial charge in [0.1, 0.15) is 11.8 Å². The summed E-state index contributed by atoms with van der Waals surface area (Å²) < 4.78 is 0. The SMILES string of the molecule is CNC(C(=O)O)c1cc(C)c(O)c(C)c1. The van der Waals surface area contributed by atoms with Crippen molar-refractivity contribution in [1.29, 1.82) is 0 Å². The third-order valence-corrected chi connectivity index (χ3v) is 2.38. The zero-order valence-corrected chi connectivity index (χ0v) is 9.03. The molecular weight excluding hydrogens is 194 g/mol. The summed E-state index contributed by atoms with van der Waals surface area (Å²) in [6.07, 6.45) is 0. The van der Waals surface area contributed by atoms with Gasteiger partial charge in [-0.25, -0.2) is 0 Å². The highest BCUT2D eigenvalue weighted by molar-refractivity contribution is 5.75. The molecule has 4 nitrogen and oxygen atoms in total. The van der Waals surface area contributed by atoms with Crippen LogP contribution in [0.1, 0.15) is 22.7 Å². The van der Waals surface area contributed by atoms with Crippen molar-refractivity contribution in [2.24, 2.45) is 0 Å². The topological polar surface area (TPSA) is 69.6 Å². The smallest absolute Gasteiger partial charge is 0.325 e. The van der Waals surface area contributed by atoms with E-state index in [1.807, 2.05) is 0 Å². The number of carboxylic acid groups (broad SMARTS) is 1. The molecule has 1 unspecified atom stereocenters. The van der Waals surface area contributed by atoms with Crippen LogP contribution in [0.15, 0.2) is 12.1 Å². The number of aromatic hydroxyl groups is 1. The second-order valence-corrected chi connectivity index (χ2v) is 3.56. The van der Waals surface area contributed by atoms with E-state index in [9.17, 15) is 9.90 Å². The molecule has 0 bridgehead atoms. The van der Waals surface area contributed by atoms with E-state index >= 15 is 0 Å². The molecule has 0 saturated carbocycles. The van der Waals surface area contributed by atoms with Crippen LogP contribution in [0, 0.1) is 13.8 Å². The highest BCUT2D eigenvalue weighted by Gasteiger charge is 2.18. The lowest BCUT2D eigenvalue weighted by molar-refractivity contribution is -0.139. The number of benzene rings is 1. The molecule has 3 N–H and O–H groups in total. The fraction of sp³-hybridized carbons (Fsp3) is 0.364. The lowest BCUT2D eigenvalue weighted by Crippen LogP contribution is -2.25. The van der Waals surface area contributed by atoms with Crippen molar-refractivity contribution in [3.8, 4) is 5.75 Å². The van der Waals surface area contributed by atoms with Gasteiger partial charge in [-0.2, -0.15) is 0 Å². The molecule has 4 heteroatoms. The summed E-state index contributed by atoms with van der Waals surface area (Å²) in [6, 6.07) is 2.62. The van der Waals surface area contributed by atoms with Gasteiger partial charge in [-0.15, -0.1) is 0 Å². The first kappa shape index (κ1) is 11.5. The van der Waals surface area contributed by atoms with Crippen LogP contribution in [-0.2, 0) is 4.79 Å².